The standard InChI is InChI=1S/C8H10N2.CH3.Y/c1-6-3-8(7(2)9)5-10-4-6;;/h3-5H,2,9H2,1H3;1H3;/q;-1;. The van der Waals surface area contributed by atoms with Gasteiger partial charge in [-0.05, 0) is 18.6 Å². The van der Waals surface area contributed by atoms with Crippen LogP contribution in [0.2, 0.25) is 0 Å². The van der Waals surface area contributed by atoms with Crippen molar-refractivity contribution in [2.75, 3.05) is 0 Å². The van der Waals surface area contributed by atoms with E-state index in [0.29, 0.717) is 5.70 Å². The molecule has 0 atom stereocenters. The number of aromatic nitrogens is 1. The molecule has 0 amide bonds. The second-order valence-electron chi connectivity index (χ2n) is 2.28. The van der Waals surface area contributed by atoms with Crippen molar-refractivity contribution in [2.24, 2.45) is 5.73 Å². The van der Waals surface area contributed by atoms with Gasteiger partial charge in [0.1, 0.15) is 0 Å². The Morgan fingerprint density at radius 1 is 1.50 bits per heavy atom. The number of nitrogens with zero attached hydrogens (tertiary/aromatic N) is 1. The molecular formula is C9H13N2Y-. The summed E-state index contributed by atoms with van der Waals surface area (Å²) in [7, 11) is 0. The molecule has 0 spiro atoms. The maximum Gasteiger partial charge on any atom is 0.0360 e. The van der Waals surface area contributed by atoms with Gasteiger partial charge in [-0.3, -0.25) is 4.98 Å². The molecular weight excluding hydrogens is 225 g/mol. The Morgan fingerprint density at radius 3 is 2.42 bits per heavy atom. The molecule has 1 heterocycles. The molecule has 2 nitrogen and oxygen atoms in total. The van der Waals surface area contributed by atoms with E-state index < -0.39 is 0 Å². The van der Waals surface area contributed by atoms with Crippen LogP contribution in [0, 0.1) is 14.4 Å². The summed E-state index contributed by atoms with van der Waals surface area (Å²) >= 11 is 0. The molecule has 0 aliphatic rings. The molecule has 1 aromatic heterocycles. The maximum absolute atomic E-state index is 5.45. The van der Waals surface area contributed by atoms with Crippen LogP contribution in [0.25, 0.3) is 5.70 Å². The van der Waals surface area contributed by atoms with E-state index in [4.69, 9.17) is 5.73 Å². The minimum Gasteiger partial charge on any atom is -0.399 e. The Hall–Kier alpha value is -0.206. The molecule has 0 bridgehead atoms. The van der Waals surface area contributed by atoms with Gasteiger partial charge in [0.05, 0.1) is 0 Å². The number of rotatable bonds is 1. The third-order valence-electron chi connectivity index (χ3n) is 1.25. The molecule has 63 valence electrons. The summed E-state index contributed by atoms with van der Waals surface area (Å²) in [4.78, 5) is 3.96. The average molecular weight is 238 g/mol. The first-order valence-corrected chi connectivity index (χ1v) is 3.06. The van der Waals surface area contributed by atoms with Crippen LogP contribution >= 0.6 is 0 Å². The van der Waals surface area contributed by atoms with Crippen molar-refractivity contribution in [1.29, 1.82) is 0 Å². The predicted octanol–water partition coefficient (Wildman–Crippen LogP) is 1.77. The number of pyridine rings is 1. The molecule has 12 heavy (non-hydrogen) atoms. The van der Waals surface area contributed by atoms with E-state index in [1.165, 1.54) is 0 Å². The molecule has 0 aromatic carbocycles. The average Bonchev–Trinajstić information content (AvgIpc) is 1.88. The van der Waals surface area contributed by atoms with Gasteiger partial charge in [-0.25, -0.2) is 0 Å². The summed E-state index contributed by atoms with van der Waals surface area (Å²) in [5, 5.41) is 0. The summed E-state index contributed by atoms with van der Waals surface area (Å²) in [5.41, 5.74) is 8.02. The van der Waals surface area contributed by atoms with Gasteiger partial charge in [-0.1, -0.05) is 6.58 Å². The number of hydrogen-bond donors (Lipinski definition) is 1. The summed E-state index contributed by atoms with van der Waals surface area (Å²) in [5.74, 6) is 0. The number of aryl methyl sites for hydroxylation is 1. The first-order valence-electron chi connectivity index (χ1n) is 3.06. The summed E-state index contributed by atoms with van der Waals surface area (Å²) in [6.07, 6.45) is 3.49. The molecule has 0 aliphatic carbocycles. The molecule has 0 fully saturated rings. The largest absolute Gasteiger partial charge is 0.399 e. The van der Waals surface area contributed by atoms with Crippen LogP contribution in [0.1, 0.15) is 11.1 Å². The summed E-state index contributed by atoms with van der Waals surface area (Å²) in [6, 6.07) is 1.95. The Bertz CT molecular complexity index is 258. The number of nitrogens with two attached hydrogens (primary N) is 1. The Kier molecular flexibility index (Phi) is 7.55. The van der Waals surface area contributed by atoms with Crippen molar-refractivity contribution in [1.82, 2.24) is 4.98 Å². The maximum atomic E-state index is 5.45. The fourth-order valence-electron chi connectivity index (χ4n) is 0.731. The fourth-order valence-corrected chi connectivity index (χ4v) is 0.731. The summed E-state index contributed by atoms with van der Waals surface area (Å²) < 4.78 is 0. The van der Waals surface area contributed by atoms with Crippen LogP contribution in [0.3, 0.4) is 0 Å². The molecule has 0 aliphatic heterocycles. The third-order valence-corrected chi connectivity index (χ3v) is 1.25. The minimum absolute atomic E-state index is 0. The fraction of sp³-hybridized carbons (Fsp3) is 0.111. The molecule has 1 radical (unpaired) electrons. The van der Waals surface area contributed by atoms with E-state index in [0.717, 1.165) is 11.1 Å². The van der Waals surface area contributed by atoms with Gasteiger partial charge in [-0.2, -0.15) is 0 Å². The summed E-state index contributed by atoms with van der Waals surface area (Å²) in [6.45, 7) is 5.58. The van der Waals surface area contributed by atoms with Gasteiger partial charge in [-0.15, -0.1) is 0 Å². The smallest absolute Gasteiger partial charge is 0.0360 e. The van der Waals surface area contributed by atoms with Gasteiger partial charge in [0, 0.05) is 56.4 Å². The van der Waals surface area contributed by atoms with Crippen LogP contribution in [-0.2, 0) is 32.7 Å². The second-order valence-corrected chi connectivity index (χ2v) is 2.28. The topological polar surface area (TPSA) is 38.9 Å². The van der Waals surface area contributed by atoms with Crippen LogP contribution in [0.4, 0.5) is 0 Å². The van der Waals surface area contributed by atoms with E-state index in [-0.39, 0.29) is 40.1 Å². The first kappa shape index (κ1) is 14.3. The normalized spacial score (nSPS) is 7.75. The first-order chi connectivity index (χ1) is 4.70. The van der Waals surface area contributed by atoms with Crippen molar-refractivity contribution >= 4 is 5.70 Å². The second kappa shape index (κ2) is 6.33. The van der Waals surface area contributed by atoms with Gasteiger partial charge >= 0.3 is 0 Å². The molecule has 1 rings (SSSR count). The van der Waals surface area contributed by atoms with Gasteiger partial charge in [0.25, 0.3) is 0 Å². The molecule has 2 N–H and O–H groups in total. The number of hydrogen-bond acceptors (Lipinski definition) is 2. The molecule has 3 heteroatoms. The van der Waals surface area contributed by atoms with Gasteiger partial charge in [0.15, 0.2) is 0 Å². The van der Waals surface area contributed by atoms with E-state index in [9.17, 15) is 0 Å². The monoisotopic (exact) mass is 238 g/mol. The van der Waals surface area contributed by atoms with E-state index in [1.54, 1.807) is 12.4 Å². The van der Waals surface area contributed by atoms with Crippen LogP contribution in [-0.4, -0.2) is 4.98 Å². The van der Waals surface area contributed by atoms with Crippen molar-refractivity contribution in [3.63, 3.8) is 0 Å². The van der Waals surface area contributed by atoms with E-state index in [1.807, 2.05) is 13.0 Å². The van der Waals surface area contributed by atoms with Gasteiger partial charge < -0.3 is 13.2 Å². The van der Waals surface area contributed by atoms with Crippen molar-refractivity contribution < 1.29 is 32.7 Å². The molecule has 0 saturated heterocycles. The zero-order chi connectivity index (χ0) is 7.56. The van der Waals surface area contributed by atoms with Crippen LogP contribution < -0.4 is 5.73 Å². The zero-order valence-electron chi connectivity index (χ0n) is 7.54. The SMILES string of the molecule is C=C(N)c1cncc(C)c1.[CH3-].[Y]. The molecule has 0 unspecified atom stereocenters. The zero-order valence-corrected chi connectivity index (χ0v) is 10.4. The van der Waals surface area contributed by atoms with E-state index >= 15 is 0 Å². The predicted molar refractivity (Wildman–Crippen MR) is 48.6 cm³/mol. The van der Waals surface area contributed by atoms with E-state index in [2.05, 4.69) is 11.6 Å². The Balaban J connectivity index is 0. The van der Waals surface area contributed by atoms with Crippen LogP contribution in [0.15, 0.2) is 25.0 Å². The Morgan fingerprint density at radius 2 is 2.08 bits per heavy atom. The minimum atomic E-state index is 0. The Labute approximate surface area is 99.2 Å². The quantitative estimate of drug-likeness (QED) is 0.757. The van der Waals surface area contributed by atoms with Crippen molar-refractivity contribution in [3.05, 3.63) is 43.6 Å². The molecule has 0 saturated carbocycles. The van der Waals surface area contributed by atoms with Gasteiger partial charge in [0.2, 0.25) is 0 Å². The van der Waals surface area contributed by atoms with Crippen molar-refractivity contribution in [2.45, 2.75) is 6.92 Å². The van der Waals surface area contributed by atoms with Crippen LogP contribution in [0.5, 0.6) is 0 Å². The third kappa shape index (κ3) is 3.98. The van der Waals surface area contributed by atoms with Crippen molar-refractivity contribution in [3.8, 4) is 0 Å². The molecule has 1 aromatic rings.